The van der Waals surface area contributed by atoms with Crippen LogP contribution in [0.2, 0.25) is 0 Å². The molecule has 0 aromatic heterocycles. The molecule has 5 nitrogen and oxygen atoms in total. The third kappa shape index (κ3) is 3.20. The Bertz CT molecular complexity index is 268. The summed E-state index contributed by atoms with van der Waals surface area (Å²) in [6.07, 6.45) is 2.58. The smallest absolute Gasteiger partial charge is 0.307 e. The normalized spacial score (nSPS) is 26.5. The number of carbonyl (C=O) groups excluding carboxylic acids is 2. The van der Waals surface area contributed by atoms with Crippen LogP contribution in [0.15, 0.2) is 0 Å². The molecule has 1 aliphatic heterocycles. The molecule has 1 saturated heterocycles. The van der Waals surface area contributed by atoms with Crippen LogP contribution >= 0.6 is 0 Å². The third-order valence-electron chi connectivity index (χ3n) is 2.89. The lowest BCUT2D eigenvalue weighted by Gasteiger charge is -2.22. The SMILES string of the molecule is CCCC1CC(=O)OC1N[C@@H](CC)C(N)=O. The summed E-state index contributed by atoms with van der Waals surface area (Å²) in [6.45, 7) is 3.93. The molecule has 5 heteroatoms. The van der Waals surface area contributed by atoms with Crippen molar-refractivity contribution in [2.75, 3.05) is 0 Å². The van der Waals surface area contributed by atoms with Gasteiger partial charge in [-0.15, -0.1) is 0 Å². The molecular formula is C11H20N2O3. The maximum absolute atomic E-state index is 11.2. The molecule has 1 rings (SSSR count). The molecule has 1 amide bonds. The average Bonchev–Trinajstić information content (AvgIpc) is 2.55. The fourth-order valence-corrected chi connectivity index (χ4v) is 2.00. The minimum atomic E-state index is -0.421. The monoisotopic (exact) mass is 228 g/mol. The molecular weight excluding hydrogens is 208 g/mol. The Balaban J connectivity index is 2.56. The van der Waals surface area contributed by atoms with Crippen LogP contribution in [0, 0.1) is 5.92 Å². The number of rotatable bonds is 6. The number of cyclic esters (lactones) is 1. The first-order valence-electron chi connectivity index (χ1n) is 5.83. The Labute approximate surface area is 95.7 Å². The lowest BCUT2D eigenvalue weighted by atomic mass is 9.99. The van der Waals surface area contributed by atoms with E-state index in [0.29, 0.717) is 12.8 Å². The van der Waals surface area contributed by atoms with E-state index in [9.17, 15) is 9.59 Å². The fourth-order valence-electron chi connectivity index (χ4n) is 2.00. The van der Waals surface area contributed by atoms with E-state index in [0.717, 1.165) is 12.8 Å². The van der Waals surface area contributed by atoms with Gasteiger partial charge in [-0.25, -0.2) is 0 Å². The minimum absolute atomic E-state index is 0.158. The van der Waals surface area contributed by atoms with Crippen LogP contribution in [0.1, 0.15) is 39.5 Å². The van der Waals surface area contributed by atoms with Crippen molar-refractivity contribution >= 4 is 11.9 Å². The summed E-state index contributed by atoms with van der Waals surface area (Å²) >= 11 is 0. The highest BCUT2D eigenvalue weighted by Crippen LogP contribution is 2.25. The summed E-state index contributed by atoms with van der Waals surface area (Å²) in [7, 11) is 0. The van der Waals surface area contributed by atoms with Crippen molar-refractivity contribution in [3.63, 3.8) is 0 Å². The first kappa shape index (κ1) is 13.0. The molecule has 0 radical (unpaired) electrons. The summed E-state index contributed by atoms with van der Waals surface area (Å²) < 4.78 is 5.15. The molecule has 0 saturated carbocycles. The molecule has 0 spiro atoms. The topological polar surface area (TPSA) is 81.4 Å². The third-order valence-corrected chi connectivity index (χ3v) is 2.89. The van der Waals surface area contributed by atoms with Crippen LogP contribution in [0.3, 0.4) is 0 Å². The highest BCUT2D eigenvalue weighted by atomic mass is 16.6. The molecule has 0 aliphatic carbocycles. The van der Waals surface area contributed by atoms with Gasteiger partial charge in [-0.2, -0.15) is 0 Å². The number of nitrogens with one attached hydrogen (secondary N) is 1. The predicted octanol–water partition coefficient (Wildman–Crippen LogP) is 0.529. The second kappa shape index (κ2) is 5.84. The summed E-state index contributed by atoms with van der Waals surface area (Å²) in [5, 5.41) is 3.01. The van der Waals surface area contributed by atoms with Crippen LogP contribution in [0.25, 0.3) is 0 Å². The number of esters is 1. The predicted molar refractivity (Wildman–Crippen MR) is 59.3 cm³/mol. The zero-order valence-corrected chi connectivity index (χ0v) is 9.86. The lowest BCUT2D eigenvalue weighted by Crippen LogP contribution is -2.48. The van der Waals surface area contributed by atoms with E-state index in [2.05, 4.69) is 12.2 Å². The van der Waals surface area contributed by atoms with E-state index in [1.807, 2.05) is 6.92 Å². The van der Waals surface area contributed by atoms with Gasteiger partial charge in [0.2, 0.25) is 5.91 Å². The van der Waals surface area contributed by atoms with Gasteiger partial charge in [-0.3, -0.25) is 14.9 Å². The molecule has 3 N–H and O–H groups in total. The molecule has 16 heavy (non-hydrogen) atoms. The zero-order chi connectivity index (χ0) is 12.1. The quantitative estimate of drug-likeness (QED) is 0.650. The van der Waals surface area contributed by atoms with E-state index in [4.69, 9.17) is 10.5 Å². The summed E-state index contributed by atoms with van der Waals surface area (Å²) in [6, 6.07) is -0.421. The Morgan fingerprint density at radius 1 is 1.62 bits per heavy atom. The number of hydrogen-bond donors (Lipinski definition) is 2. The van der Waals surface area contributed by atoms with E-state index in [1.165, 1.54) is 0 Å². The Morgan fingerprint density at radius 3 is 2.81 bits per heavy atom. The highest BCUT2D eigenvalue weighted by molar-refractivity contribution is 5.80. The average molecular weight is 228 g/mol. The molecule has 1 fully saturated rings. The van der Waals surface area contributed by atoms with Crippen LogP contribution < -0.4 is 11.1 Å². The Hall–Kier alpha value is -1.10. The Morgan fingerprint density at radius 2 is 2.31 bits per heavy atom. The van der Waals surface area contributed by atoms with Crippen molar-refractivity contribution in [1.82, 2.24) is 5.32 Å². The van der Waals surface area contributed by atoms with Gasteiger partial charge in [0, 0.05) is 5.92 Å². The minimum Gasteiger partial charge on any atom is -0.446 e. The maximum Gasteiger partial charge on any atom is 0.307 e. The van der Waals surface area contributed by atoms with Crippen molar-refractivity contribution in [3.8, 4) is 0 Å². The largest absolute Gasteiger partial charge is 0.446 e. The second-order valence-corrected chi connectivity index (χ2v) is 4.19. The number of carbonyl (C=O) groups is 2. The summed E-state index contributed by atoms with van der Waals surface area (Å²) in [4.78, 5) is 22.3. The fraction of sp³-hybridized carbons (Fsp3) is 0.818. The van der Waals surface area contributed by atoms with E-state index in [-0.39, 0.29) is 18.1 Å². The number of ether oxygens (including phenoxy) is 1. The Kier molecular flexibility index (Phi) is 4.73. The van der Waals surface area contributed by atoms with Crippen molar-refractivity contribution < 1.29 is 14.3 Å². The molecule has 92 valence electrons. The number of primary amides is 1. The van der Waals surface area contributed by atoms with E-state index in [1.54, 1.807) is 0 Å². The van der Waals surface area contributed by atoms with Gasteiger partial charge < -0.3 is 10.5 Å². The van der Waals surface area contributed by atoms with Gasteiger partial charge in [-0.1, -0.05) is 20.3 Å². The van der Waals surface area contributed by atoms with Gasteiger partial charge in [0.15, 0.2) is 6.23 Å². The lowest BCUT2D eigenvalue weighted by molar-refractivity contribution is -0.143. The standard InChI is InChI=1S/C11H20N2O3/c1-3-5-7-6-9(14)16-11(7)13-8(4-2)10(12)15/h7-8,11,13H,3-6H2,1-2H3,(H2,12,15)/t7?,8-,11?/m0/s1. The summed E-state index contributed by atoms with van der Waals surface area (Å²) in [5.74, 6) is -0.443. The molecule has 1 heterocycles. The second-order valence-electron chi connectivity index (χ2n) is 4.19. The van der Waals surface area contributed by atoms with Gasteiger partial charge in [-0.05, 0) is 12.8 Å². The maximum atomic E-state index is 11.2. The van der Waals surface area contributed by atoms with Crippen LogP contribution in [0.4, 0.5) is 0 Å². The van der Waals surface area contributed by atoms with Crippen LogP contribution in [-0.4, -0.2) is 24.1 Å². The van der Waals surface area contributed by atoms with E-state index < -0.39 is 11.9 Å². The van der Waals surface area contributed by atoms with Crippen LogP contribution in [-0.2, 0) is 14.3 Å². The molecule has 1 aliphatic rings. The first-order valence-corrected chi connectivity index (χ1v) is 5.83. The van der Waals surface area contributed by atoms with Gasteiger partial charge in [0.25, 0.3) is 0 Å². The van der Waals surface area contributed by atoms with Gasteiger partial charge in [0.1, 0.15) is 0 Å². The van der Waals surface area contributed by atoms with Crippen molar-refractivity contribution in [1.29, 1.82) is 0 Å². The summed E-state index contributed by atoms with van der Waals surface area (Å²) in [5.41, 5.74) is 5.24. The molecule has 0 bridgehead atoms. The van der Waals surface area contributed by atoms with Crippen molar-refractivity contribution in [2.24, 2.45) is 11.7 Å². The molecule has 0 aromatic rings. The molecule has 2 unspecified atom stereocenters. The van der Waals surface area contributed by atoms with Crippen molar-refractivity contribution in [2.45, 2.75) is 51.8 Å². The number of nitrogens with two attached hydrogens (primary N) is 1. The van der Waals surface area contributed by atoms with Gasteiger partial charge >= 0.3 is 5.97 Å². The number of hydrogen-bond acceptors (Lipinski definition) is 4. The van der Waals surface area contributed by atoms with Crippen LogP contribution in [0.5, 0.6) is 0 Å². The zero-order valence-electron chi connectivity index (χ0n) is 9.86. The number of amides is 1. The van der Waals surface area contributed by atoms with Gasteiger partial charge in [0.05, 0.1) is 12.5 Å². The molecule has 3 atom stereocenters. The molecule has 0 aromatic carbocycles. The first-order chi connectivity index (χ1) is 7.58. The van der Waals surface area contributed by atoms with E-state index >= 15 is 0 Å². The highest BCUT2D eigenvalue weighted by Gasteiger charge is 2.35. The van der Waals surface area contributed by atoms with Crippen molar-refractivity contribution in [3.05, 3.63) is 0 Å².